The molecule has 6 heteroatoms. The Morgan fingerprint density at radius 2 is 1.76 bits per heavy atom. The number of aryl methyl sites for hydroxylation is 1. The van der Waals surface area contributed by atoms with E-state index in [9.17, 15) is 4.39 Å². The van der Waals surface area contributed by atoms with Gasteiger partial charge in [0.15, 0.2) is 0 Å². The minimum absolute atomic E-state index is 0.316. The first-order chi connectivity index (χ1) is 13.8. The second-order valence-electron chi connectivity index (χ2n) is 6.63. The topological polar surface area (TPSA) is 75.8 Å². The zero-order chi connectivity index (χ0) is 21.7. The maximum atomic E-state index is 13.3. The molecule has 0 unspecified atom stereocenters. The molecule has 0 bridgehead atoms. The van der Waals surface area contributed by atoms with Crippen molar-refractivity contribution in [3.63, 3.8) is 0 Å². The second-order valence-corrected chi connectivity index (χ2v) is 8.59. The molecule has 0 aliphatic heterocycles. The lowest BCUT2D eigenvalue weighted by Crippen LogP contribution is -1.91. The average Bonchev–Trinajstić information content (AvgIpc) is 3.30. The summed E-state index contributed by atoms with van der Waals surface area (Å²) in [5, 5.41) is 13.3. The number of nitriles is 1. The van der Waals surface area contributed by atoms with Gasteiger partial charge in [-0.15, -0.1) is 22.7 Å². The molecule has 4 rings (SSSR count). The van der Waals surface area contributed by atoms with Gasteiger partial charge in [0, 0.05) is 15.8 Å². The number of hydrogen-bond acceptors (Lipinski definition) is 5. The summed E-state index contributed by atoms with van der Waals surface area (Å²) in [7, 11) is 0. The zero-order valence-corrected chi connectivity index (χ0v) is 19.0. The molecule has 0 radical (unpaired) electrons. The number of fused-ring (bicyclic) bond motifs is 2. The first-order valence-electron chi connectivity index (χ1n) is 9.47. The monoisotopic (exact) mass is 427 g/mol. The summed E-state index contributed by atoms with van der Waals surface area (Å²) in [6, 6.07) is 11.3. The second kappa shape index (κ2) is 9.73. The Morgan fingerprint density at radius 1 is 1.07 bits per heavy atom. The van der Waals surface area contributed by atoms with Gasteiger partial charge < -0.3 is 11.5 Å². The molecule has 2 aromatic carbocycles. The lowest BCUT2D eigenvalue weighted by Gasteiger charge is -2.07. The molecule has 3 nitrogen and oxygen atoms in total. The number of anilines is 2. The lowest BCUT2D eigenvalue weighted by atomic mass is 10.0. The predicted octanol–water partition coefficient (Wildman–Crippen LogP) is 7.44. The zero-order valence-electron chi connectivity index (χ0n) is 17.3. The number of nitrogens with zero attached hydrogens (tertiary/aromatic N) is 1. The molecular weight excluding hydrogens is 401 g/mol. The van der Waals surface area contributed by atoms with E-state index in [1.807, 2.05) is 32.9 Å². The van der Waals surface area contributed by atoms with E-state index in [1.165, 1.54) is 21.7 Å². The van der Waals surface area contributed by atoms with E-state index in [0.29, 0.717) is 26.6 Å². The van der Waals surface area contributed by atoms with Crippen molar-refractivity contribution >= 4 is 53.5 Å². The van der Waals surface area contributed by atoms with Crippen LogP contribution in [0, 0.1) is 24.1 Å². The first kappa shape index (κ1) is 22.7. The number of hydrogen-bond donors (Lipinski definition) is 2. The van der Waals surface area contributed by atoms with Crippen LogP contribution in [0.25, 0.3) is 20.2 Å². The van der Waals surface area contributed by atoms with Gasteiger partial charge in [-0.3, -0.25) is 0 Å². The fraction of sp³-hybridized carbons (Fsp3) is 0.261. The summed E-state index contributed by atoms with van der Waals surface area (Å²) in [6.07, 6.45) is 0. The summed E-state index contributed by atoms with van der Waals surface area (Å²) < 4.78 is 15.2. The molecule has 152 valence electrons. The van der Waals surface area contributed by atoms with Gasteiger partial charge in [-0.05, 0) is 59.0 Å². The average molecular weight is 428 g/mol. The van der Waals surface area contributed by atoms with Crippen LogP contribution in [0.5, 0.6) is 0 Å². The highest BCUT2D eigenvalue weighted by molar-refractivity contribution is 7.23. The molecule has 0 spiro atoms. The largest absolute Gasteiger partial charge is 0.399 e. The predicted molar refractivity (Wildman–Crippen MR) is 127 cm³/mol. The van der Waals surface area contributed by atoms with Gasteiger partial charge in [0.1, 0.15) is 16.9 Å². The van der Waals surface area contributed by atoms with Gasteiger partial charge in [0.05, 0.1) is 10.3 Å². The van der Waals surface area contributed by atoms with Gasteiger partial charge in [0.25, 0.3) is 0 Å². The summed E-state index contributed by atoms with van der Waals surface area (Å²) >= 11 is 2.92. The van der Waals surface area contributed by atoms with E-state index < -0.39 is 0 Å². The fourth-order valence-corrected chi connectivity index (χ4v) is 5.07. The Labute approximate surface area is 179 Å². The molecule has 4 N–H and O–H groups in total. The van der Waals surface area contributed by atoms with Crippen LogP contribution in [0.1, 0.15) is 50.3 Å². The summed E-state index contributed by atoms with van der Waals surface area (Å²) in [6.45, 7) is 10.2. The van der Waals surface area contributed by atoms with Gasteiger partial charge in [-0.1, -0.05) is 33.8 Å². The minimum Gasteiger partial charge on any atom is -0.399 e. The van der Waals surface area contributed by atoms with Crippen LogP contribution in [0.4, 0.5) is 15.1 Å². The highest BCUT2D eigenvalue weighted by Crippen LogP contribution is 2.36. The van der Waals surface area contributed by atoms with Crippen molar-refractivity contribution in [1.29, 1.82) is 5.26 Å². The number of nitrogens with two attached hydrogens (primary N) is 2. The summed E-state index contributed by atoms with van der Waals surface area (Å²) in [5.41, 5.74) is 15.0. The van der Waals surface area contributed by atoms with Crippen LogP contribution >= 0.6 is 22.7 Å². The molecule has 2 aromatic heterocycles. The number of rotatable bonds is 1. The van der Waals surface area contributed by atoms with Crippen LogP contribution in [0.15, 0.2) is 35.7 Å². The Kier molecular flexibility index (Phi) is 7.60. The van der Waals surface area contributed by atoms with E-state index in [1.54, 1.807) is 17.4 Å². The number of thiophene rings is 2. The Bertz CT molecular complexity index is 1170. The van der Waals surface area contributed by atoms with E-state index in [4.69, 9.17) is 16.7 Å². The van der Waals surface area contributed by atoms with Crippen LogP contribution in [-0.4, -0.2) is 0 Å². The normalized spacial score (nSPS) is 10.3. The molecule has 0 aliphatic carbocycles. The molecule has 0 atom stereocenters. The Balaban J connectivity index is 0.000000191. The smallest absolute Gasteiger partial charge is 0.141 e. The van der Waals surface area contributed by atoms with Gasteiger partial charge in [-0.25, -0.2) is 4.39 Å². The number of nitrogen functional groups attached to an aromatic ring is 2. The highest BCUT2D eigenvalue weighted by Gasteiger charge is 2.14. The van der Waals surface area contributed by atoms with Crippen molar-refractivity contribution < 1.29 is 4.39 Å². The molecule has 4 aromatic rings. The third-order valence-electron chi connectivity index (χ3n) is 4.36. The molecule has 0 aliphatic rings. The third kappa shape index (κ3) is 4.69. The maximum Gasteiger partial charge on any atom is 0.141 e. The van der Waals surface area contributed by atoms with Crippen LogP contribution < -0.4 is 11.5 Å². The molecule has 29 heavy (non-hydrogen) atoms. The lowest BCUT2D eigenvalue weighted by molar-refractivity contribution is 0.641. The minimum atomic E-state index is -0.316. The van der Waals surface area contributed by atoms with E-state index in [-0.39, 0.29) is 5.82 Å². The number of halogens is 1. The Morgan fingerprint density at radius 3 is 2.38 bits per heavy atom. The molecule has 0 fully saturated rings. The van der Waals surface area contributed by atoms with Gasteiger partial charge in [0.2, 0.25) is 0 Å². The van der Waals surface area contributed by atoms with E-state index in [2.05, 4.69) is 31.4 Å². The van der Waals surface area contributed by atoms with Gasteiger partial charge >= 0.3 is 0 Å². The van der Waals surface area contributed by atoms with Crippen molar-refractivity contribution in [3.05, 3.63) is 58.2 Å². The Hall–Kier alpha value is -2.62. The highest BCUT2D eigenvalue weighted by atomic mass is 32.1. The fourth-order valence-electron chi connectivity index (χ4n) is 3.02. The SMILES string of the molecule is CC.CC(C)c1cc(N)cc2ccsc12.Cc1ccc(F)c2sc(N)c(C#N)c12. The van der Waals surface area contributed by atoms with Crippen molar-refractivity contribution in [1.82, 2.24) is 0 Å². The van der Waals surface area contributed by atoms with E-state index >= 15 is 0 Å². The molecule has 0 saturated carbocycles. The quantitative estimate of drug-likeness (QED) is 0.310. The van der Waals surface area contributed by atoms with Crippen molar-refractivity contribution in [3.8, 4) is 6.07 Å². The molecule has 0 saturated heterocycles. The van der Waals surface area contributed by atoms with Crippen molar-refractivity contribution in [2.75, 3.05) is 11.5 Å². The molecule has 2 heterocycles. The third-order valence-corrected chi connectivity index (χ3v) is 6.37. The van der Waals surface area contributed by atoms with Crippen LogP contribution in [-0.2, 0) is 0 Å². The van der Waals surface area contributed by atoms with Crippen LogP contribution in [0.2, 0.25) is 0 Å². The standard InChI is InChI=1S/C11H13NS.C10H7FN2S.C2H6/c1-7(2)10-6-9(12)5-8-3-4-13-11(8)10;1-5-2-3-7(11)9-8(5)6(4-12)10(13)14-9;1-2/h3-7H,12H2,1-2H3;2-3H,13H2,1H3;1-2H3. The summed E-state index contributed by atoms with van der Waals surface area (Å²) in [5.74, 6) is 0.230. The first-order valence-corrected chi connectivity index (χ1v) is 11.2. The summed E-state index contributed by atoms with van der Waals surface area (Å²) in [4.78, 5) is 0. The van der Waals surface area contributed by atoms with E-state index in [0.717, 1.165) is 22.6 Å². The maximum absolute atomic E-state index is 13.3. The van der Waals surface area contributed by atoms with Crippen molar-refractivity contribution in [2.45, 2.75) is 40.5 Å². The van der Waals surface area contributed by atoms with Crippen LogP contribution in [0.3, 0.4) is 0 Å². The molecule has 0 amide bonds. The van der Waals surface area contributed by atoms with Crippen molar-refractivity contribution in [2.24, 2.45) is 0 Å². The van der Waals surface area contributed by atoms with Gasteiger partial charge in [-0.2, -0.15) is 5.26 Å². The number of benzene rings is 2. The molecular formula is C23H26FN3S2.